The SMILES string of the molecule is CCC(=O)c1cnc(Cl)cc1Cl.CCC(=O)c1cnc(Nc2cc(C)n(C)n2)cc1Cl.CCC(=O)c1cnc(Nc2cc(C)n(C)n2)cc1Nc1ncccc1S(C)(=O)=O.CS(=O)(=O)c1cccnc1N.Cc1cc(N)nn1C. The molecule has 0 bridgehead atoms. The first-order chi connectivity index (χ1) is 37.1. The molecule has 0 aliphatic carbocycles. The number of sulfone groups is 2. The minimum Gasteiger partial charge on any atom is -0.383 e. The number of Topliss-reactive ketones (excluding diaryl/α,β-unsaturated/α-hetero) is 3. The quantitative estimate of drug-likeness (QED) is 0.0499. The Labute approximate surface area is 473 Å². The van der Waals surface area contributed by atoms with Crippen molar-refractivity contribution in [2.75, 3.05) is 39.9 Å². The second-order valence-electron chi connectivity index (χ2n) is 17.1. The largest absolute Gasteiger partial charge is 0.383 e. The number of hydrogen-bond acceptors (Lipinski definition) is 20. The van der Waals surface area contributed by atoms with Crippen molar-refractivity contribution in [3.05, 3.63) is 141 Å². The third-order valence-electron chi connectivity index (χ3n) is 10.9. The van der Waals surface area contributed by atoms with Crippen molar-refractivity contribution in [2.45, 2.75) is 70.6 Å². The molecule has 0 aliphatic rings. The average Bonchev–Trinajstić information content (AvgIpc) is 4.00. The number of nitrogens with two attached hydrogens (primary N) is 2. The highest BCUT2D eigenvalue weighted by molar-refractivity contribution is 7.91. The van der Waals surface area contributed by atoms with Gasteiger partial charge in [0.2, 0.25) is 0 Å². The summed E-state index contributed by atoms with van der Waals surface area (Å²) >= 11 is 17.4. The molecule has 0 atom stereocenters. The van der Waals surface area contributed by atoms with Crippen LogP contribution in [0.25, 0.3) is 0 Å². The van der Waals surface area contributed by atoms with Crippen LogP contribution in [0.4, 0.5) is 46.4 Å². The number of nitrogen functional groups attached to an aromatic ring is 2. The molecule has 0 aromatic carbocycles. The molecule has 79 heavy (non-hydrogen) atoms. The average molecular weight is 1180 g/mol. The number of halogens is 3. The summed E-state index contributed by atoms with van der Waals surface area (Å²) < 4.78 is 51.3. The Morgan fingerprint density at radius 1 is 0.532 bits per heavy atom. The number of pyridine rings is 5. The number of hydrogen-bond donors (Lipinski definition) is 5. The molecule has 0 saturated heterocycles. The van der Waals surface area contributed by atoms with Crippen LogP contribution in [-0.2, 0) is 40.8 Å². The Balaban J connectivity index is 0.000000231. The minimum atomic E-state index is -3.51. The molecule has 28 heteroatoms. The van der Waals surface area contributed by atoms with Gasteiger partial charge in [0.1, 0.15) is 44.0 Å². The number of rotatable bonds is 14. The van der Waals surface area contributed by atoms with Crippen LogP contribution < -0.4 is 27.4 Å². The second kappa shape index (κ2) is 28.7. The zero-order valence-electron chi connectivity index (χ0n) is 45.2. The molecule has 0 spiro atoms. The number of aryl methyl sites for hydroxylation is 6. The molecule has 0 saturated carbocycles. The summed E-state index contributed by atoms with van der Waals surface area (Å²) in [6.07, 6.45) is 10.6. The Bertz CT molecular complexity index is 3620. The van der Waals surface area contributed by atoms with Crippen molar-refractivity contribution in [2.24, 2.45) is 21.1 Å². The molecule has 0 aliphatic heterocycles. The first-order valence-electron chi connectivity index (χ1n) is 23.8. The summed E-state index contributed by atoms with van der Waals surface area (Å²) in [5, 5.41) is 22.7. The van der Waals surface area contributed by atoms with Gasteiger partial charge in [0.25, 0.3) is 0 Å². The zero-order valence-corrected chi connectivity index (χ0v) is 49.1. The highest BCUT2D eigenvalue weighted by Crippen LogP contribution is 2.29. The van der Waals surface area contributed by atoms with Crippen LogP contribution in [0.5, 0.6) is 0 Å². The third kappa shape index (κ3) is 18.9. The summed E-state index contributed by atoms with van der Waals surface area (Å²) in [4.78, 5) is 55.3. The minimum absolute atomic E-state index is 0.0160. The molecule has 420 valence electrons. The van der Waals surface area contributed by atoms with Gasteiger partial charge in [-0.05, 0) is 51.1 Å². The van der Waals surface area contributed by atoms with Gasteiger partial charge in [0, 0.05) is 131 Å². The van der Waals surface area contributed by atoms with E-state index in [2.05, 4.69) is 56.2 Å². The highest BCUT2D eigenvalue weighted by atomic mass is 35.5. The van der Waals surface area contributed by atoms with E-state index in [0.717, 1.165) is 29.6 Å². The molecular formula is C51H61Cl3N16O7S2. The highest BCUT2D eigenvalue weighted by Gasteiger charge is 2.19. The van der Waals surface area contributed by atoms with E-state index >= 15 is 0 Å². The standard InChI is InChI=1S/C19H22N6O3S.C13H15ClN4O.C8H7Cl2NO.C6H8N2O2S.C5H9N3/c1-5-15(26)13-11-21-17(23-18-9-12(2)25(3)24-18)10-14(13)22-19-16(29(4,27)28)7-6-8-20-19;1-4-11(19)9-7-15-12(6-10(9)14)16-13-5-8(2)18(3)17-13;1-2-7(12)5-4-11-8(10)3-6(5)9;1-11(9,10)5-3-2-4-8-6(5)7;1-4-3-5(6)7-8(4)2/h6-11H,5H2,1-4H3,(H2,20,21,22,23,24);5-7H,4H2,1-3H3,(H,15,16,17);3-4H,2H2,1H3;2-4H,1H3,(H2,7,8);3H,1-2H3,(H2,6,7). The lowest BCUT2D eigenvalue weighted by Gasteiger charge is -2.14. The van der Waals surface area contributed by atoms with Crippen molar-refractivity contribution < 1.29 is 31.2 Å². The van der Waals surface area contributed by atoms with Crippen molar-refractivity contribution >= 4 is 118 Å². The van der Waals surface area contributed by atoms with Gasteiger partial charge in [-0.1, -0.05) is 55.6 Å². The van der Waals surface area contributed by atoms with Gasteiger partial charge in [-0.25, -0.2) is 41.8 Å². The second-order valence-corrected chi connectivity index (χ2v) is 22.2. The van der Waals surface area contributed by atoms with Crippen LogP contribution in [0.2, 0.25) is 15.2 Å². The molecule has 23 nitrogen and oxygen atoms in total. The maximum Gasteiger partial charge on any atom is 0.179 e. The zero-order chi connectivity index (χ0) is 58.9. The molecular weight excluding hydrogens is 1120 g/mol. The van der Waals surface area contributed by atoms with E-state index in [-0.39, 0.29) is 45.2 Å². The number of ketones is 3. The van der Waals surface area contributed by atoms with Crippen molar-refractivity contribution in [1.82, 2.24) is 54.3 Å². The lowest BCUT2D eigenvalue weighted by atomic mass is 10.1. The fraction of sp³-hybridized carbons (Fsp3) is 0.275. The first-order valence-corrected chi connectivity index (χ1v) is 28.7. The molecule has 8 aromatic rings. The summed E-state index contributed by atoms with van der Waals surface area (Å²) in [6.45, 7) is 11.2. The van der Waals surface area contributed by atoms with E-state index in [4.69, 9.17) is 46.3 Å². The molecule has 8 aromatic heterocycles. The van der Waals surface area contributed by atoms with E-state index in [1.54, 1.807) is 53.0 Å². The number of carbonyl (C=O) groups is 3. The van der Waals surface area contributed by atoms with Crippen molar-refractivity contribution in [3.63, 3.8) is 0 Å². The predicted octanol–water partition coefficient (Wildman–Crippen LogP) is 9.47. The van der Waals surface area contributed by atoms with Crippen molar-refractivity contribution in [1.29, 1.82) is 0 Å². The van der Waals surface area contributed by atoms with Gasteiger partial charge in [-0.2, -0.15) is 15.3 Å². The third-order valence-corrected chi connectivity index (χ3v) is 14.0. The van der Waals surface area contributed by atoms with Crippen molar-refractivity contribution in [3.8, 4) is 0 Å². The molecule has 8 rings (SSSR count). The Kier molecular flexibility index (Phi) is 23.1. The lowest BCUT2D eigenvalue weighted by molar-refractivity contribution is 0.0980. The van der Waals surface area contributed by atoms with Crippen LogP contribution in [0.15, 0.2) is 101 Å². The topological polar surface area (TPSA) is 326 Å². The van der Waals surface area contributed by atoms with E-state index in [0.29, 0.717) is 79.5 Å². The summed E-state index contributed by atoms with van der Waals surface area (Å²) in [5.74, 6) is 2.93. The summed E-state index contributed by atoms with van der Waals surface area (Å²) in [7, 11) is -1.16. The number of nitrogens with zero attached hydrogens (tertiary/aromatic N) is 11. The predicted molar refractivity (Wildman–Crippen MR) is 309 cm³/mol. The Morgan fingerprint density at radius 3 is 1.35 bits per heavy atom. The van der Waals surface area contributed by atoms with Gasteiger partial charge < -0.3 is 27.4 Å². The number of aromatic nitrogens is 11. The number of nitrogens with one attached hydrogen (secondary N) is 3. The van der Waals surface area contributed by atoms with Crippen LogP contribution >= 0.6 is 34.8 Å². The summed E-state index contributed by atoms with van der Waals surface area (Å²) in [5.41, 5.74) is 15.4. The van der Waals surface area contributed by atoms with E-state index in [1.807, 2.05) is 60.1 Å². The molecule has 0 fully saturated rings. The molecule has 0 unspecified atom stereocenters. The fourth-order valence-corrected chi connectivity index (χ4v) is 8.73. The van der Waals surface area contributed by atoms with Gasteiger partial charge in [-0.3, -0.25) is 28.4 Å². The molecule has 8 heterocycles. The van der Waals surface area contributed by atoms with Gasteiger partial charge in [0.05, 0.1) is 32.4 Å². The smallest absolute Gasteiger partial charge is 0.179 e. The van der Waals surface area contributed by atoms with Crippen LogP contribution in [0.3, 0.4) is 0 Å². The maximum atomic E-state index is 12.4. The van der Waals surface area contributed by atoms with E-state index < -0.39 is 19.7 Å². The fourth-order valence-electron chi connectivity index (χ4n) is 6.46. The summed E-state index contributed by atoms with van der Waals surface area (Å²) in [6, 6.07) is 16.3. The normalized spacial score (nSPS) is 10.8. The molecule has 7 N–H and O–H groups in total. The van der Waals surface area contributed by atoms with Gasteiger partial charge in [-0.15, -0.1) is 0 Å². The molecule has 0 amide bonds. The lowest BCUT2D eigenvalue weighted by Crippen LogP contribution is -2.09. The van der Waals surface area contributed by atoms with E-state index in [9.17, 15) is 31.2 Å². The molecule has 0 radical (unpaired) electrons. The Morgan fingerprint density at radius 2 is 0.962 bits per heavy atom. The number of carbonyl (C=O) groups excluding carboxylic acids is 3. The Hall–Kier alpha value is -7.84. The van der Waals surface area contributed by atoms with E-state index in [1.165, 1.54) is 55.2 Å². The van der Waals surface area contributed by atoms with Crippen LogP contribution in [-0.4, -0.2) is 101 Å². The van der Waals surface area contributed by atoms with Crippen LogP contribution in [0.1, 0.15) is 88.2 Å². The monoisotopic (exact) mass is 1180 g/mol. The van der Waals surface area contributed by atoms with Gasteiger partial charge in [0.15, 0.2) is 48.7 Å². The maximum absolute atomic E-state index is 12.4. The number of anilines is 8. The van der Waals surface area contributed by atoms with Crippen LogP contribution in [0, 0.1) is 20.8 Å². The first kappa shape index (κ1) is 63.7. The van der Waals surface area contributed by atoms with Gasteiger partial charge >= 0.3 is 0 Å².